The van der Waals surface area contributed by atoms with Crippen LogP contribution in [0.1, 0.15) is 36.0 Å². The Hall–Kier alpha value is -2.21. The third-order valence-electron chi connectivity index (χ3n) is 4.00. The number of hydrogen-bond acceptors (Lipinski definition) is 5. The average Bonchev–Trinajstić information content (AvgIpc) is 3.19. The molecule has 21 heavy (non-hydrogen) atoms. The molecule has 1 aliphatic rings. The van der Waals surface area contributed by atoms with Crippen molar-refractivity contribution in [2.24, 2.45) is 0 Å². The Kier molecular flexibility index (Phi) is 3.70. The lowest BCUT2D eigenvalue weighted by atomic mass is 9.98. The zero-order chi connectivity index (χ0) is 14.7. The number of hydrogen-bond donors (Lipinski definition) is 2. The molecule has 1 amide bonds. The van der Waals surface area contributed by atoms with Crippen LogP contribution in [-0.4, -0.2) is 33.4 Å². The molecule has 1 fully saturated rings. The molecule has 6 nitrogen and oxygen atoms in total. The van der Waals surface area contributed by atoms with Gasteiger partial charge in [0.1, 0.15) is 0 Å². The van der Waals surface area contributed by atoms with E-state index in [1.54, 1.807) is 24.3 Å². The van der Waals surface area contributed by atoms with Crippen LogP contribution in [-0.2, 0) is 0 Å². The van der Waals surface area contributed by atoms with Gasteiger partial charge in [-0.25, -0.2) is 0 Å². The van der Waals surface area contributed by atoms with Gasteiger partial charge in [-0.15, -0.1) is 10.2 Å². The number of amides is 1. The molecule has 6 heteroatoms. The van der Waals surface area contributed by atoms with Gasteiger partial charge in [-0.05, 0) is 37.1 Å². The van der Waals surface area contributed by atoms with Crippen molar-refractivity contribution in [3.63, 3.8) is 0 Å². The second-order valence-electron chi connectivity index (χ2n) is 5.42. The van der Waals surface area contributed by atoms with E-state index in [2.05, 4.69) is 15.5 Å². The van der Waals surface area contributed by atoms with Gasteiger partial charge in [-0.2, -0.15) is 0 Å². The van der Waals surface area contributed by atoms with Gasteiger partial charge < -0.3 is 14.8 Å². The van der Waals surface area contributed by atoms with Crippen molar-refractivity contribution in [1.29, 1.82) is 0 Å². The van der Waals surface area contributed by atoms with Crippen molar-refractivity contribution < 1.29 is 14.3 Å². The van der Waals surface area contributed by atoms with Gasteiger partial charge in [0.2, 0.25) is 12.3 Å². The molecule has 0 bridgehead atoms. The molecule has 0 saturated heterocycles. The summed E-state index contributed by atoms with van der Waals surface area (Å²) in [4.78, 5) is 12.3. The Labute approximate surface area is 122 Å². The van der Waals surface area contributed by atoms with E-state index in [0.717, 1.165) is 31.2 Å². The van der Waals surface area contributed by atoms with Gasteiger partial charge in [0.15, 0.2) is 0 Å². The molecular weight excluding hydrogens is 270 g/mol. The first-order chi connectivity index (χ1) is 10.2. The summed E-state index contributed by atoms with van der Waals surface area (Å²) in [5.74, 6) is 0.257. The zero-order valence-electron chi connectivity index (χ0n) is 11.6. The topological polar surface area (TPSA) is 88.2 Å². The molecule has 2 N–H and O–H groups in total. The number of aromatic nitrogens is 2. The summed E-state index contributed by atoms with van der Waals surface area (Å²) in [5, 5.41) is 20.0. The lowest BCUT2D eigenvalue weighted by Gasteiger charge is -2.28. The molecule has 110 valence electrons. The fraction of sp³-hybridized carbons (Fsp3) is 0.400. The molecule has 1 aliphatic carbocycles. The van der Waals surface area contributed by atoms with E-state index < -0.39 is 5.54 Å². The summed E-state index contributed by atoms with van der Waals surface area (Å²) in [7, 11) is 0. The van der Waals surface area contributed by atoms with Gasteiger partial charge in [-0.1, -0.05) is 12.8 Å². The molecule has 3 rings (SSSR count). The summed E-state index contributed by atoms with van der Waals surface area (Å²) in [6.45, 7) is -0.0151. The normalized spacial score (nSPS) is 16.8. The first-order valence-electron chi connectivity index (χ1n) is 7.02. The Morgan fingerprint density at radius 1 is 1.29 bits per heavy atom. The lowest BCUT2D eigenvalue weighted by Crippen LogP contribution is -2.49. The van der Waals surface area contributed by atoms with Gasteiger partial charge in [0.25, 0.3) is 5.91 Å². The van der Waals surface area contributed by atoms with E-state index in [0.29, 0.717) is 11.5 Å². The Morgan fingerprint density at radius 2 is 2.00 bits per heavy atom. The average molecular weight is 287 g/mol. The van der Waals surface area contributed by atoms with Crippen LogP contribution in [0.15, 0.2) is 35.1 Å². The minimum Gasteiger partial charge on any atom is -0.423 e. The van der Waals surface area contributed by atoms with Crippen LogP contribution >= 0.6 is 0 Å². The molecule has 0 atom stereocenters. The highest BCUT2D eigenvalue weighted by molar-refractivity contribution is 5.95. The minimum absolute atomic E-state index is 0.0151. The maximum Gasteiger partial charge on any atom is 0.251 e. The second-order valence-corrected chi connectivity index (χ2v) is 5.42. The SMILES string of the molecule is O=C(NC1(CO)CCCC1)c1ccc(-c2nnco2)cc1. The van der Waals surface area contributed by atoms with Crippen molar-refractivity contribution >= 4 is 5.91 Å². The number of rotatable bonds is 4. The summed E-state index contributed by atoms with van der Waals surface area (Å²) in [6.07, 6.45) is 5.00. The van der Waals surface area contributed by atoms with E-state index in [4.69, 9.17) is 4.42 Å². The van der Waals surface area contributed by atoms with Crippen LogP contribution in [0, 0.1) is 0 Å². The van der Waals surface area contributed by atoms with Crippen molar-refractivity contribution in [2.45, 2.75) is 31.2 Å². The molecule has 0 aliphatic heterocycles. The molecule has 0 spiro atoms. The number of aliphatic hydroxyl groups is 1. The summed E-state index contributed by atoms with van der Waals surface area (Å²) < 4.78 is 5.11. The third-order valence-corrected chi connectivity index (χ3v) is 4.00. The molecule has 1 saturated carbocycles. The van der Waals surface area contributed by atoms with Gasteiger partial charge >= 0.3 is 0 Å². The number of nitrogens with one attached hydrogen (secondary N) is 1. The molecule has 0 radical (unpaired) electrons. The number of nitrogens with zero attached hydrogens (tertiary/aromatic N) is 2. The molecule has 1 heterocycles. The van der Waals surface area contributed by atoms with Crippen LogP contribution in [0.5, 0.6) is 0 Å². The van der Waals surface area contributed by atoms with E-state index >= 15 is 0 Å². The van der Waals surface area contributed by atoms with Crippen LogP contribution in [0.25, 0.3) is 11.5 Å². The third kappa shape index (κ3) is 2.80. The Bertz CT molecular complexity index is 602. The molecular formula is C15H17N3O3. The fourth-order valence-electron chi connectivity index (χ4n) is 2.75. The fourth-order valence-corrected chi connectivity index (χ4v) is 2.75. The molecule has 2 aromatic rings. The largest absolute Gasteiger partial charge is 0.423 e. The molecule has 1 aromatic carbocycles. The quantitative estimate of drug-likeness (QED) is 0.894. The monoisotopic (exact) mass is 287 g/mol. The van der Waals surface area contributed by atoms with Gasteiger partial charge in [-0.3, -0.25) is 4.79 Å². The van der Waals surface area contributed by atoms with E-state index in [-0.39, 0.29) is 12.5 Å². The second kappa shape index (κ2) is 5.65. The highest BCUT2D eigenvalue weighted by Gasteiger charge is 2.34. The number of benzene rings is 1. The Balaban J connectivity index is 1.73. The summed E-state index contributed by atoms with van der Waals surface area (Å²) >= 11 is 0. The highest BCUT2D eigenvalue weighted by atomic mass is 16.4. The maximum atomic E-state index is 12.3. The molecule has 0 unspecified atom stereocenters. The van der Waals surface area contributed by atoms with Gasteiger partial charge in [0, 0.05) is 11.1 Å². The molecule has 1 aromatic heterocycles. The number of carbonyl (C=O) groups excluding carboxylic acids is 1. The van der Waals surface area contributed by atoms with Crippen molar-refractivity contribution in [2.75, 3.05) is 6.61 Å². The predicted molar refractivity (Wildman–Crippen MR) is 75.5 cm³/mol. The number of aliphatic hydroxyl groups excluding tert-OH is 1. The van der Waals surface area contributed by atoms with E-state index in [1.807, 2.05) is 0 Å². The van der Waals surface area contributed by atoms with Crippen LogP contribution in [0.4, 0.5) is 0 Å². The van der Waals surface area contributed by atoms with Gasteiger partial charge in [0.05, 0.1) is 12.1 Å². The van der Waals surface area contributed by atoms with E-state index in [1.165, 1.54) is 6.39 Å². The minimum atomic E-state index is -0.456. The van der Waals surface area contributed by atoms with Crippen molar-refractivity contribution in [3.8, 4) is 11.5 Å². The standard InChI is InChI=1S/C15H17N3O3/c19-9-15(7-1-2-8-15)17-13(20)11-3-5-12(6-4-11)14-18-16-10-21-14/h3-6,10,19H,1-2,7-9H2,(H,17,20). The first-order valence-corrected chi connectivity index (χ1v) is 7.02. The van der Waals surface area contributed by atoms with Crippen LogP contribution in [0.2, 0.25) is 0 Å². The summed E-state index contributed by atoms with van der Waals surface area (Å²) in [6, 6.07) is 6.97. The Morgan fingerprint density at radius 3 is 2.57 bits per heavy atom. The maximum absolute atomic E-state index is 12.3. The highest BCUT2D eigenvalue weighted by Crippen LogP contribution is 2.29. The van der Waals surface area contributed by atoms with Crippen LogP contribution in [0.3, 0.4) is 0 Å². The summed E-state index contributed by atoms with van der Waals surface area (Å²) in [5.41, 5.74) is 0.863. The first kappa shape index (κ1) is 13.8. The lowest BCUT2D eigenvalue weighted by molar-refractivity contribution is 0.0838. The predicted octanol–water partition coefficient (Wildman–Crippen LogP) is 1.77. The van der Waals surface area contributed by atoms with E-state index in [9.17, 15) is 9.90 Å². The van der Waals surface area contributed by atoms with Crippen LogP contribution < -0.4 is 5.32 Å². The smallest absolute Gasteiger partial charge is 0.251 e. The zero-order valence-corrected chi connectivity index (χ0v) is 11.6. The van der Waals surface area contributed by atoms with Crippen molar-refractivity contribution in [1.82, 2.24) is 15.5 Å². The number of carbonyl (C=O) groups is 1. The van der Waals surface area contributed by atoms with Crippen molar-refractivity contribution in [3.05, 3.63) is 36.2 Å².